The second kappa shape index (κ2) is 7.55. The zero-order valence-corrected chi connectivity index (χ0v) is 16.2. The Hall–Kier alpha value is -3.00. The summed E-state index contributed by atoms with van der Waals surface area (Å²) in [6, 6.07) is 7.88. The zero-order chi connectivity index (χ0) is 19.7. The maximum atomic E-state index is 12.8. The van der Waals surface area contributed by atoms with E-state index in [-0.39, 0.29) is 11.5 Å². The quantitative estimate of drug-likeness (QED) is 0.676. The van der Waals surface area contributed by atoms with Crippen LogP contribution in [0.4, 0.5) is 0 Å². The Balaban J connectivity index is 1.51. The van der Waals surface area contributed by atoms with Gasteiger partial charge in [0, 0.05) is 39.1 Å². The second-order valence-electron chi connectivity index (χ2n) is 7.31. The van der Waals surface area contributed by atoms with Gasteiger partial charge in [0.2, 0.25) is 5.91 Å². The first-order valence-electron chi connectivity index (χ1n) is 9.49. The van der Waals surface area contributed by atoms with Gasteiger partial charge in [-0.3, -0.25) is 14.2 Å². The average Bonchev–Trinajstić information content (AvgIpc) is 3.13. The van der Waals surface area contributed by atoms with Crippen molar-refractivity contribution in [2.24, 2.45) is 0 Å². The summed E-state index contributed by atoms with van der Waals surface area (Å²) in [7, 11) is 2.05. The van der Waals surface area contributed by atoms with Crippen LogP contribution in [0.5, 0.6) is 0 Å². The van der Waals surface area contributed by atoms with E-state index in [4.69, 9.17) is 0 Å². The van der Waals surface area contributed by atoms with Crippen LogP contribution in [0.1, 0.15) is 12.0 Å². The number of carbonyl (C=O) groups is 1. The van der Waals surface area contributed by atoms with Crippen LogP contribution in [-0.4, -0.2) is 68.3 Å². The number of carbonyl (C=O) groups excluding carboxylic acids is 1. The lowest BCUT2D eigenvalue weighted by Crippen LogP contribution is -2.47. The van der Waals surface area contributed by atoms with Gasteiger partial charge in [-0.05, 0) is 26.1 Å². The number of aryl methyl sites for hydroxylation is 2. The van der Waals surface area contributed by atoms with E-state index in [9.17, 15) is 9.59 Å². The molecular weight excluding hydrogens is 356 g/mol. The predicted octanol–water partition coefficient (Wildman–Crippen LogP) is 1.05. The Bertz CT molecular complexity index is 1040. The molecule has 8 nitrogen and oxygen atoms in total. The smallest absolute Gasteiger partial charge is 0.264 e. The van der Waals surface area contributed by atoms with E-state index < -0.39 is 0 Å². The van der Waals surface area contributed by atoms with Crippen molar-refractivity contribution >= 4 is 16.9 Å². The Kier molecular flexibility index (Phi) is 4.95. The Morgan fingerprint density at radius 3 is 2.54 bits per heavy atom. The van der Waals surface area contributed by atoms with Crippen molar-refractivity contribution in [1.82, 2.24) is 29.1 Å². The normalized spacial score (nSPS) is 15.3. The van der Waals surface area contributed by atoms with E-state index in [2.05, 4.69) is 22.0 Å². The molecule has 1 amide bonds. The molecule has 3 heterocycles. The van der Waals surface area contributed by atoms with Crippen LogP contribution >= 0.6 is 0 Å². The van der Waals surface area contributed by atoms with Gasteiger partial charge in [-0.2, -0.15) is 5.10 Å². The molecule has 0 saturated carbocycles. The number of fused-ring (bicyclic) bond motifs is 1. The minimum atomic E-state index is -0.172. The summed E-state index contributed by atoms with van der Waals surface area (Å²) in [5, 5.41) is 4.79. The summed E-state index contributed by atoms with van der Waals surface area (Å²) in [5.74, 6) is 0.0791. The van der Waals surface area contributed by atoms with Crippen LogP contribution < -0.4 is 5.56 Å². The number of hydrogen-bond acceptors (Lipinski definition) is 5. The first-order chi connectivity index (χ1) is 13.5. The number of hydrogen-bond donors (Lipinski definition) is 0. The summed E-state index contributed by atoms with van der Waals surface area (Å²) in [6.07, 6.45) is 3.35. The Morgan fingerprint density at radius 2 is 1.82 bits per heavy atom. The zero-order valence-electron chi connectivity index (χ0n) is 16.2. The lowest BCUT2D eigenvalue weighted by molar-refractivity contribution is -0.133. The monoisotopic (exact) mass is 380 g/mol. The topological polar surface area (TPSA) is 76.3 Å². The summed E-state index contributed by atoms with van der Waals surface area (Å²) in [5.41, 5.74) is 2.36. The van der Waals surface area contributed by atoms with Gasteiger partial charge in [0.15, 0.2) is 5.65 Å². The third kappa shape index (κ3) is 3.55. The fourth-order valence-corrected chi connectivity index (χ4v) is 3.41. The molecule has 28 heavy (non-hydrogen) atoms. The Morgan fingerprint density at radius 1 is 1.11 bits per heavy atom. The van der Waals surface area contributed by atoms with E-state index >= 15 is 0 Å². The first kappa shape index (κ1) is 18.4. The van der Waals surface area contributed by atoms with Crippen molar-refractivity contribution in [2.75, 3.05) is 33.2 Å². The lowest BCUT2D eigenvalue weighted by Gasteiger charge is -2.32. The number of benzene rings is 1. The molecule has 0 spiro atoms. The van der Waals surface area contributed by atoms with E-state index in [1.54, 1.807) is 10.9 Å². The number of amides is 1. The van der Waals surface area contributed by atoms with Gasteiger partial charge < -0.3 is 9.80 Å². The molecule has 146 valence electrons. The summed E-state index contributed by atoms with van der Waals surface area (Å²) in [4.78, 5) is 33.7. The van der Waals surface area contributed by atoms with Gasteiger partial charge in [-0.1, -0.05) is 17.7 Å². The van der Waals surface area contributed by atoms with Crippen LogP contribution in [0, 0.1) is 6.92 Å². The van der Waals surface area contributed by atoms with E-state index in [0.29, 0.717) is 24.0 Å². The number of rotatable bonds is 4. The SMILES string of the molecule is Cc1ccc(-n2ncc3c(=O)n(CCC(=O)N4CCN(C)CC4)cnc32)cc1. The van der Waals surface area contributed by atoms with Gasteiger partial charge in [0.1, 0.15) is 5.39 Å². The third-order valence-corrected chi connectivity index (χ3v) is 5.26. The van der Waals surface area contributed by atoms with Crippen molar-refractivity contribution in [1.29, 1.82) is 0 Å². The molecular formula is C20H24N6O2. The van der Waals surface area contributed by atoms with Crippen LogP contribution in [0.25, 0.3) is 16.7 Å². The van der Waals surface area contributed by atoms with Gasteiger partial charge in [0.05, 0.1) is 18.2 Å². The molecule has 0 aliphatic carbocycles. The largest absolute Gasteiger partial charge is 0.340 e. The highest BCUT2D eigenvalue weighted by molar-refractivity contribution is 5.77. The highest BCUT2D eigenvalue weighted by atomic mass is 16.2. The van der Waals surface area contributed by atoms with E-state index in [1.807, 2.05) is 36.1 Å². The summed E-state index contributed by atoms with van der Waals surface area (Å²) < 4.78 is 3.16. The molecule has 0 N–H and O–H groups in total. The second-order valence-corrected chi connectivity index (χ2v) is 7.31. The Labute approximate surface area is 163 Å². The number of piperazine rings is 1. The van der Waals surface area contributed by atoms with Crippen LogP contribution in [0.3, 0.4) is 0 Å². The molecule has 1 aliphatic heterocycles. The fraction of sp³-hybridized carbons (Fsp3) is 0.400. The maximum absolute atomic E-state index is 12.8. The molecule has 1 fully saturated rings. The van der Waals surface area contributed by atoms with Crippen molar-refractivity contribution in [3.8, 4) is 5.69 Å². The van der Waals surface area contributed by atoms with Crippen molar-refractivity contribution in [3.63, 3.8) is 0 Å². The molecule has 1 aromatic carbocycles. The maximum Gasteiger partial charge on any atom is 0.264 e. The first-order valence-corrected chi connectivity index (χ1v) is 9.49. The van der Waals surface area contributed by atoms with Gasteiger partial charge in [-0.15, -0.1) is 0 Å². The van der Waals surface area contributed by atoms with Crippen molar-refractivity contribution in [2.45, 2.75) is 19.9 Å². The van der Waals surface area contributed by atoms with Gasteiger partial charge in [0.25, 0.3) is 5.56 Å². The molecule has 0 unspecified atom stereocenters. The van der Waals surface area contributed by atoms with Crippen molar-refractivity contribution < 1.29 is 4.79 Å². The van der Waals surface area contributed by atoms with Gasteiger partial charge in [-0.25, -0.2) is 9.67 Å². The molecule has 3 aromatic rings. The molecule has 2 aromatic heterocycles. The molecule has 8 heteroatoms. The van der Waals surface area contributed by atoms with E-state index in [0.717, 1.165) is 37.4 Å². The number of likely N-dealkylation sites (N-methyl/N-ethyl adjacent to an activating group) is 1. The standard InChI is InChI=1S/C20H24N6O2/c1-15-3-5-16(6-4-15)26-19-17(13-22-26)20(28)25(14-21-19)8-7-18(27)24-11-9-23(2)10-12-24/h3-6,13-14H,7-12H2,1-2H3. The fourth-order valence-electron chi connectivity index (χ4n) is 3.41. The minimum absolute atomic E-state index is 0.0791. The summed E-state index contributed by atoms with van der Waals surface area (Å²) >= 11 is 0. The molecule has 0 bridgehead atoms. The van der Waals surface area contributed by atoms with Crippen LogP contribution in [0.15, 0.2) is 41.6 Å². The number of aromatic nitrogens is 4. The molecule has 1 saturated heterocycles. The molecule has 4 rings (SSSR count). The summed E-state index contributed by atoms with van der Waals surface area (Å²) in [6.45, 7) is 5.60. The van der Waals surface area contributed by atoms with Crippen LogP contribution in [-0.2, 0) is 11.3 Å². The highest BCUT2D eigenvalue weighted by Gasteiger charge is 2.19. The molecule has 0 radical (unpaired) electrons. The van der Waals surface area contributed by atoms with Crippen molar-refractivity contribution in [3.05, 3.63) is 52.7 Å². The lowest BCUT2D eigenvalue weighted by atomic mass is 10.2. The molecule has 1 aliphatic rings. The average molecular weight is 380 g/mol. The minimum Gasteiger partial charge on any atom is -0.340 e. The number of nitrogens with zero attached hydrogens (tertiary/aromatic N) is 6. The van der Waals surface area contributed by atoms with Gasteiger partial charge >= 0.3 is 0 Å². The van der Waals surface area contributed by atoms with Crippen LogP contribution in [0.2, 0.25) is 0 Å². The van der Waals surface area contributed by atoms with E-state index in [1.165, 1.54) is 10.9 Å². The molecule has 0 atom stereocenters. The highest BCUT2D eigenvalue weighted by Crippen LogP contribution is 2.14. The predicted molar refractivity (Wildman–Crippen MR) is 107 cm³/mol. The third-order valence-electron chi connectivity index (χ3n) is 5.26.